The van der Waals surface area contributed by atoms with Crippen molar-refractivity contribution >= 4 is 5.91 Å². The molecule has 5 heteroatoms. The van der Waals surface area contributed by atoms with Crippen LogP contribution in [0.4, 0.5) is 0 Å². The van der Waals surface area contributed by atoms with Crippen LogP contribution in [0.3, 0.4) is 0 Å². The van der Waals surface area contributed by atoms with Crippen molar-refractivity contribution in [2.45, 2.75) is 53.2 Å². The van der Waals surface area contributed by atoms with Crippen molar-refractivity contribution in [2.75, 3.05) is 20.3 Å². The zero-order valence-electron chi connectivity index (χ0n) is 16.2. The van der Waals surface area contributed by atoms with Gasteiger partial charge in [0.1, 0.15) is 0 Å². The van der Waals surface area contributed by atoms with Crippen LogP contribution in [0.5, 0.6) is 11.5 Å². The Hall–Kier alpha value is -1.75. The predicted molar refractivity (Wildman–Crippen MR) is 98.4 cm³/mol. The first kappa shape index (κ1) is 19.6. The molecule has 0 saturated carbocycles. The molecule has 0 spiro atoms. The van der Waals surface area contributed by atoms with Gasteiger partial charge in [0.15, 0.2) is 11.5 Å². The van der Waals surface area contributed by atoms with Crippen molar-refractivity contribution in [1.29, 1.82) is 0 Å². The van der Waals surface area contributed by atoms with Crippen LogP contribution in [0, 0.1) is 11.3 Å². The van der Waals surface area contributed by atoms with Crippen LogP contribution in [0.25, 0.3) is 0 Å². The Bertz CT molecular complexity index is 592. The van der Waals surface area contributed by atoms with Gasteiger partial charge in [-0.15, -0.1) is 0 Å². The number of ether oxygens (including phenoxy) is 3. The van der Waals surface area contributed by atoms with E-state index in [1.165, 1.54) is 0 Å². The summed E-state index contributed by atoms with van der Waals surface area (Å²) in [6, 6.07) is 5.27. The predicted octanol–water partition coefficient (Wildman–Crippen LogP) is 3.66. The summed E-state index contributed by atoms with van der Waals surface area (Å²) in [4.78, 5) is 12.5. The fourth-order valence-corrected chi connectivity index (χ4v) is 3.29. The highest BCUT2D eigenvalue weighted by molar-refractivity contribution is 5.94. The number of amides is 1. The molecule has 0 aliphatic carbocycles. The highest BCUT2D eigenvalue weighted by atomic mass is 16.5. The number of carbonyl (C=O) groups excluding carboxylic acids is 1. The summed E-state index contributed by atoms with van der Waals surface area (Å²) < 4.78 is 16.9. The first-order chi connectivity index (χ1) is 11.7. The molecule has 1 aliphatic rings. The summed E-state index contributed by atoms with van der Waals surface area (Å²) in [6.45, 7) is 11.8. The fourth-order valence-electron chi connectivity index (χ4n) is 3.29. The average molecular weight is 349 g/mol. The molecule has 1 aliphatic heterocycles. The quantitative estimate of drug-likeness (QED) is 0.851. The molecule has 0 unspecified atom stereocenters. The van der Waals surface area contributed by atoms with Crippen molar-refractivity contribution in [1.82, 2.24) is 5.32 Å². The molecule has 25 heavy (non-hydrogen) atoms. The molecule has 1 aromatic rings. The molecule has 2 rings (SSSR count). The maximum atomic E-state index is 12.5. The molecule has 2 atom stereocenters. The summed E-state index contributed by atoms with van der Waals surface area (Å²) in [5.74, 6) is 1.45. The van der Waals surface area contributed by atoms with Gasteiger partial charge in [0.2, 0.25) is 0 Å². The SMILES string of the molecule is COc1cc(C(=O)NC[C@H]2CCO[C@@H]2C(C)(C)C)ccc1OC(C)C. The van der Waals surface area contributed by atoms with E-state index in [1.54, 1.807) is 25.3 Å². The monoisotopic (exact) mass is 349 g/mol. The first-order valence-electron chi connectivity index (χ1n) is 8.97. The molecule has 140 valence electrons. The molecule has 1 fully saturated rings. The second kappa shape index (κ2) is 8.09. The van der Waals surface area contributed by atoms with Crippen LogP contribution in [-0.2, 0) is 4.74 Å². The molecule has 5 nitrogen and oxygen atoms in total. The number of methoxy groups -OCH3 is 1. The zero-order chi connectivity index (χ0) is 18.6. The largest absolute Gasteiger partial charge is 0.493 e. The smallest absolute Gasteiger partial charge is 0.251 e. The van der Waals surface area contributed by atoms with Crippen LogP contribution >= 0.6 is 0 Å². The first-order valence-corrected chi connectivity index (χ1v) is 8.97. The van der Waals surface area contributed by atoms with Crippen LogP contribution in [0.2, 0.25) is 0 Å². The molecule has 1 N–H and O–H groups in total. The Labute approximate surface area is 151 Å². The van der Waals surface area contributed by atoms with Gasteiger partial charge in [-0.1, -0.05) is 20.8 Å². The second-order valence-corrected chi connectivity index (χ2v) is 7.95. The summed E-state index contributed by atoms with van der Waals surface area (Å²) in [5, 5.41) is 3.04. The lowest BCUT2D eigenvalue weighted by molar-refractivity contribution is 0.00737. The van der Waals surface area contributed by atoms with Crippen molar-refractivity contribution in [3.8, 4) is 11.5 Å². The summed E-state index contributed by atoms with van der Waals surface area (Å²) in [6.07, 6.45) is 1.20. The highest BCUT2D eigenvalue weighted by Crippen LogP contribution is 2.34. The minimum atomic E-state index is -0.103. The molecule has 0 aromatic heterocycles. The third kappa shape index (κ3) is 5.11. The van der Waals surface area contributed by atoms with Gasteiger partial charge < -0.3 is 19.5 Å². The van der Waals surface area contributed by atoms with Crippen LogP contribution in [-0.4, -0.2) is 38.4 Å². The van der Waals surface area contributed by atoms with E-state index in [4.69, 9.17) is 14.2 Å². The Balaban J connectivity index is 2.01. The van der Waals surface area contributed by atoms with E-state index in [0.717, 1.165) is 13.0 Å². The summed E-state index contributed by atoms with van der Waals surface area (Å²) >= 11 is 0. The number of nitrogens with one attached hydrogen (secondary N) is 1. The normalized spacial score (nSPS) is 20.6. The van der Waals surface area contributed by atoms with E-state index < -0.39 is 0 Å². The van der Waals surface area contributed by atoms with E-state index in [-0.39, 0.29) is 23.5 Å². The third-order valence-corrected chi connectivity index (χ3v) is 4.38. The van der Waals surface area contributed by atoms with Gasteiger partial charge in [-0.2, -0.15) is 0 Å². The van der Waals surface area contributed by atoms with Gasteiger partial charge in [-0.25, -0.2) is 0 Å². The number of carbonyl (C=O) groups is 1. The zero-order valence-corrected chi connectivity index (χ0v) is 16.2. The molecule has 1 saturated heterocycles. The fraction of sp³-hybridized carbons (Fsp3) is 0.650. The minimum absolute atomic E-state index is 0.0466. The average Bonchev–Trinajstić information content (AvgIpc) is 3.01. The lowest BCUT2D eigenvalue weighted by Crippen LogP contribution is -2.38. The second-order valence-electron chi connectivity index (χ2n) is 7.95. The Kier molecular flexibility index (Phi) is 6.33. The molecule has 0 radical (unpaired) electrons. The van der Waals surface area contributed by atoms with Gasteiger partial charge in [0.25, 0.3) is 5.91 Å². The van der Waals surface area contributed by atoms with Gasteiger partial charge in [-0.05, 0) is 43.9 Å². The maximum absolute atomic E-state index is 12.5. The molecule has 1 heterocycles. The van der Waals surface area contributed by atoms with Crippen molar-refractivity contribution < 1.29 is 19.0 Å². The number of benzene rings is 1. The van der Waals surface area contributed by atoms with Crippen LogP contribution < -0.4 is 14.8 Å². The third-order valence-electron chi connectivity index (χ3n) is 4.38. The van der Waals surface area contributed by atoms with E-state index in [1.807, 2.05) is 13.8 Å². The standard InChI is InChI=1S/C20H31NO4/c1-13(2)25-16-8-7-14(11-17(16)23-6)19(22)21-12-15-9-10-24-18(15)20(3,4)5/h7-8,11,13,15,18H,9-10,12H2,1-6H3,(H,21,22)/t15-,18+/m1/s1. The summed E-state index contributed by atoms with van der Waals surface area (Å²) in [7, 11) is 1.58. The lowest BCUT2D eigenvalue weighted by Gasteiger charge is -2.31. The van der Waals surface area contributed by atoms with E-state index >= 15 is 0 Å². The maximum Gasteiger partial charge on any atom is 0.251 e. The van der Waals surface area contributed by atoms with Gasteiger partial charge >= 0.3 is 0 Å². The van der Waals surface area contributed by atoms with Gasteiger partial charge in [-0.3, -0.25) is 4.79 Å². The minimum Gasteiger partial charge on any atom is -0.493 e. The Morgan fingerprint density at radius 2 is 2.04 bits per heavy atom. The van der Waals surface area contributed by atoms with Crippen LogP contribution in [0.1, 0.15) is 51.4 Å². The number of hydrogen-bond donors (Lipinski definition) is 1. The summed E-state index contributed by atoms with van der Waals surface area (Å²) in [5.41, 5.74) is 0.643. The van der Waals surface area contributed by atoms with Gasteiger partial charge in [0.05, 0.1) is 19.3 Å². The Morgan fingerprint density at radius 1 is 1.32 bits per heavy atom. The van der Waals surface area contributed by atoms with Crippen molar-refractivity contribution in [3.63, 3.8) is 0 Å². The van der Waals surface area contributed by atoms with Crippen molar-refractivity contribution in [3.05, 3.63) is 23.8 Å². The topological polar surface area (TPSA) is 56.8 Å². The number of hydrogen-bond acceptors (Lipinski definition) is 4. The van der Waals surface area contributed by atoms with Crippen molar-refractivity contribution in [2.24, 2.45) is 11.3 Å². The van der Waals surface area contributed by atoms with Gasteiger partial charge in [0, 0.05) is 24.6 Å². The highest BCUT2D eigenvalue weighted by Gasteiger charge is 2.37. The lowest BCUT2D eigenvalue weighted by atomic mass is 9.81. The molecule has 1 amide bonds. The van der Waals surface area contributed by atoms with E-state index in [2.05, 4.69) is 26.1 Å². The molecular weight excluding hydrogens is 318 g/mol. The molecule has 1 aromatic carbocycles. The molecular formula is C20H31NO4. The van der Waals surface area contributed by atoms with E-state index in [9.17, 15) is 4.79 Å². The Morgan fingerprint density at radius 3 is 2.64 bits per heavy atom. The van der Waals surface area contributed by atoms with E-state index in [0.29, 0.717) is 29.5 Å². The number of rotatable bonds is 6. The molecule has 0 bridgehead atoms. The van der Waals surface area contributed by atoms with Crippen LogP contribution in [0.15, 0.2) is 18.2 Å².